The van der Waals surface area contributed by atoms with Crippen LogP contribution in [0, 0.1) is 5.92 Å². The Balaban J connectivity index is 1.69. The van der Waals surface area contributed by atoms with Crippen molar-refractivity contribution in [1.82, 2.24) is 19.6 Å². The van der Waals surface area contributed by atoms with Gasteiger partial charge in [-0.1, -0.05) is 6.92 Å². The lowest BCUT2D eigenvalue weighted by molar-refractivity contribution is 0.00494. The van der Waals surface area contributed by atoms with Crippen molar-refractivity contribution in [1.29, 1.82) is 0 Å². The van der Waals surface area contributed by atoms with E-state index in [4.69, 9.17) is 0 Å². The molecule has 0 bridgehead atoms. The number of rotatable bonds is 3. The average molecular weight is 277 g/mol. The number of aromatic nitrogens is 4. The Bertz CT molecular complexity index is 654. The fourth-order valence-electron chi connectivity index (χ4n) is 2.64. The van der Waals surface area contributed by atoms with Crippen LogP contribution in [-0.4, -0.2) is 36.8 Å². The van der Waals surface area contributed by atoms with Crippen molar-refractivity contribution in [2.45, 2.75) is 38.2 Å². The van der Waals surface area contributed by atoms with Crippen molar-refractivity contribution in [3.8, 4) is 0 Å². The van der Waals surface area contributed by atoms with Gasteiger partial charge in [-0.3, -0.25) is 0 Å². The minimum atomic E-state index is -0.661. The summed E-state index contributed by atoms with van der Waals surface area (Å²) < 4.78 is 1.34. The molecule has 0 spiro atoms. The molecule has 0 saturated heterocycles. The van der Waals surface area contributed by atoms with E-state index in [1.54, 1.807) is 6.07 Å². The maximum absolute atomic E-state index is 11.3. The molecule has 0 unspecified atom stereocenters. The van der Waals surface area contributed by atoms with Gasteiger partial charge in [0.1, 0.15) is 12.1 Å². The number of H-pyrrole nitrogens is 1. The summed E-state index contributed by atoms with van der Waals surface area (Å²) in [6, 6.07) is 1.69. The van der Waals surface area contributed by atoms with E-state index in [1.807, 2.05) is 0 Å². The maximum atomic E-state index is 11.3. The number of anilines is 1. The molecule has 2 aromatic heterocycles. The summed E-state index contributed by atoms with van der Waals surface area (Å²) in [6.45, 7) is 2.69. The Morgan fingerprint density at radius 1 is 1.55 bits per heavy atom. The Hall–Kier alpha value is -1.89. The largest absolute Gasteiger partial charge is 0.388 e. The summed E-state index contributed by atoms with van der Waals surface area (Å²) in [6.07, 6.45) is 5.16. The molecular formula is C13H19N5O2. The van der Waals surface area contributed by atoms with Crippen molar-refractivity contribution in [3.05, 3.63) is 22.9 Å². The van der Waals surface area contributed by atoms with Crippen LogP contribution >= 0.6 is 0 Å². The second kappa shape index (κ2) is 4.90. The second-order valence-electron chi connectivity index (χ2n) is 5.79. The van der Waals surface area contributed by atoms with Crippen LogP contribution in [0.15, 0.2) is 17.2 Å². The summed E-state index contributed by atoms with van der Waals surface area (Å²) in [7, 11) is 0. The zero-order chi connectivity index (χ0) is 14.2. The van der Waals surface area contributed by atoms with E-state index in [1.165, 1.54) is 10.7 Å². The van der Waals surface area contributed by atoms with E-state index in [9.17, 15) is 9.90 Å². The predicted molar refractivity (Wildman–Crippen MR) is 74.7 cm³/mol. The van der Waals surface area contributed by atoms with E-state index in [0.29, 0.717) is 23.9 Å². The topological polar surface area (TPSA) is 95.3 Å². The van der Waals surface area contributed by atoms with Crippen molar-refractivity contribution < 1.29 is 5.11 Å². The molecule has 2 heterocycles. The van der Waals surface area contributed by atoms with Gasteiger partial charge in [0.25, 0.3) is 0 Å². The molecule has 0 aromatic carbocycles. The second-order valence-corrected chi connectivity index (χ2v) is 5.79. The Kier molecular flexibility index (Phi) is 3.21. The van der Waals surface area contributed by atoms with Crippen LogP contribution in [0.4, 0.5) is 5.82 Å². The van der Waals surface area contributed by atoms with E-state index >= 15 is 0 Å². The molecule has 2 aromatic rings. The first-order chi connectivity index (χ1) is 9.56. The van der Waals surface area contributed by atoms with Crippen LogP contribution in [0.2, 0.25) is 0 Å². The molecule has 3 rings (SSSR count). The molecule has 1 aliphatic rings. The van der Waals surface area contributed by atoms with Gasteiger partial charge in [0.15, 0.2) is 5.65 Å². The van der Waals surface area contributed by atoms with Gasteiger partial charge in [0.05, 0.1) is 5.60 Å². The van der Waals surface area contributed by atoms with Crippen LogP contribution < -0.4 is 11.0 Å². The Labute approximate surface area is 116 Å². The number of hydrogen-bond donors (Lipinski definition) is 3. The molecule has 0 aliphatic heterocycles. The Morgan fingerprint density at radius 3 is 3.05 bits per heavy atom. The number of nitrogens with one attached hydrogen (secondary N) is 2. The number of aliphatic hydroxyl groups is 1. The predicted octanol–water partition coefficient (Wildman–Crippen LogP) is 0.771. The molecule has 108 valence electrons. The van der Waals surface area contributed by atoms with Gasteiger partial charge in [-0.05, 0) is 31.6 Å². The van der Waals surface area contributed by atoms with Gasteiger partial charge in [0, 0.05) is 12.6 Å². The third kappa shape index (κ3) is 2.53. The highest BCUT2D eigenvalue weighted by atomic mass is 16.3. The number of nitrogens with zero attached hydrogens (tertiary/aromatic N) is 3. The third-order valence-electron chi connectivity index (χ3n) is 4.11. The minimum Gasteiger partial charge on any atom is -0.388 e. The number of fused-ring (bicyclic) bond motifs is 1. The monoisotopic (exact) mass is 277 g/mol. The highest BCUT2D eigenvalue weighted by molar-refractivity contribution is 5.48. The minimum absolute atomic E-state index is 0.307. The maximum Gasteiger partial charge on any atom is 0.348 e. The lowest BCUT2D eigenvalue weighted by Gasteiger charge is -2.35. The third-order valence-corrected chi connectivity index (χ3v) is 4.11. The Morgan fingerprint density at radius 2 is 2.30 bits per heavy atom. The van der Waals surface area contributed by atoms with Crippen molar-refractivity contribution in [2.75, 3.05) is 11.9 Å². The van der Waals surface area contributed by atoms with Crippen LogP contribution in [0.1, 0.15) is 32.6 Å². The fraction of sp³-hybridized carbons (Fsp3) is 0.615. The van der Waals surface area contributed by atoms with Crippen LogP contribution in [0.25, 0.3) is 5.65 Å². The lowest BCUT2D eigenvalue weighted by atomic mass is 9.79. The highest BCUT2D eigenvalue weighted by Crippen LogP contribution is 2.31. The molecule has 0 atom stereocenters. The van der Waals surface area contributed by atoms with Crippen LogP contribution in [0.3, 0.4) is 0 Å². The summed E-state index contributed by atoms with van der Waals surface area (Å²) in [4.78, 5) is 15.5. The number of aromatic amines is 1. The first kappa shape index (κ1) is 13.1. The first-order valence-electron chi connectivity index (χ1n) is 6.95. The van der Waals surface area contributed by atoms with E-state index in [0.717, 1.165) is 25.7 Å². The molecule has 7 nitrogen and oxygen atoms in total. The molecule has 7 heteroatoms. The first-order valence-corrected chi connectivity index (χ1v) is 6.95. The molecule has 1 aliphatic carbocycles. The normalized spacial score (nSPS) is 26.8. The van der Waals surface area contributed by atoms with Gasteiger partial charge < -0.3 is 10.4 Å². The lowest BCUT2D eigenvalue weighted by Crippen LogP contribution is -2.40. The van der Waals surface area contributed by atoms with Crippen LogP contribution in [0.5, 0.6) is 0 Å². The van der Waals surface area contributed by atoms with Gasteiger partial charge >= 0.3 is 5.69 Å². The standard InChI is InChI=1S/C13H19N5O2/c1-9-2-4-13(20,5-3-9)7-14-10-6-11-16-17-12(19)18(11)8-15-10/h6,8-9,14,20H,2-5,7H2,1H3,(H,17,19). The zero-order valence-electron chi connectivity index (χ0n) is 11.5. The summed E-state index contributed by atoms with van der Waals surface area (Å²) in [5.74, 6) is 1.31. The van der Waals surface area contributed by atoms with Crippen molar-refractivity contribution in [2.24, 2.45) is 5.92 Å². The van der Waals surface area contributed by atoms with Gasteiger partial charge in [-0.15, -0.1) is 0 Å². The molecule has 0 radical (unpaired) electrons. The molecule has 20 heavy (non-hydrogen) atoms. The molecule has 3 N–H and O–H groups in total. The smallest absolute Gasteiger partial charge is 0.348 e. The van der Waals surface area contributed by atoms with E-state index < -0.39 is 5.60 Å². The van der Waals surface area contributed by atoms with E-state index in [2.05, 4.69) is 27.4 Å². The van der Waals surface area contributed by atoms with Gasteiger partial charge in [0.2, 0.25) is 0 Å². The molecule has 1 fully saturated rings. The fourth-order valence-corrected chi connectivity index (χ4v) is 2.64. The van der Waals surface area contributed by atoms with Gasteiger partial charge in [-0.2, -0.15) is 5.10 Å². The van der Waals surface area contributed by atoms with Crippen molar-refractivity contribution >= 4 is 11.5 Å². The average Bonchev–Trinajstić information content (AvgIpc) is 2.82. The summed E-state index contributed by atoms with van der Waals surface area (Å²) in [5, 5.41) is 19.9. The zero-order valence-corrected chi connectivity index (χ0v) is 11.5. The molecular weight excluding hydrogens is 258 g/mol. The highest BCUT2D eigenvalue weighted by Gasteiger charge is 2.31. The van der Waals surface area contributed by atoms with Crippen molar-refractivity contribution in [3.63, 3.8) is 0 Å². The summed E-state index contributed by atoms with van der Waals surface area (Å²) >= 11 is 0. The molecule has 0 amide bonds. The molecule has 1 saturated carbocycles. The quantitative estimate of drug-likeness (QED) is 0.770. The van der Waals surface area contributed by atoms with Crippen LogP contribution in [-0.2, 0) is 0 Å². The number of hydrogen-bond acceptors (Lipinski definition) is 5. The van der Waals surface area contributed by atoms with Gasteiger partial charge in [-0.25, -0.2) is 19.3 Å². The summed E-state index contributed by atoms with van der Waals surface area (Å²) in [5.41, 5.74) is -0.457. The van der Waals surface area contributed by atoms with E-state index in [-0.39, 0.29) is 5.69 Å². The SMILES string of the molecule is CC1CCC(O)(CNc2cc3n[nH]c(=O)n3cn2)CC1.